The highest BCUT2D eigenvalue weighted by Crippen LogP contribution is 2.09. The Bertz CT molecular complexity index is 163. The maximum atomic E-state index is 10.3. The average Bonchev–Trinajstić information content (AvgIpc) is 1.95. The molecule has 0 aliphatic carbocycles. The monoisotopic (exact) mass is 188 g/mol. The van der Waals surface area contributed by atoms with Crippen molar-refractivity contribution in [2.45, 2.75) is 33.2 Å². The molecule has 0 aromatic rings. The van der Waals surface area contributed by atoms with Crippen LogP contribution in [0.4, 0.5) is 0 Å². The van der Waals surface area contributed by atoms with Crippen molar-refractivity contribution in [3.63, 3.8) is 0 Å². The molecule has 4 N–H and O–H groups in total. The number of nitrogens with two attached hydrogens (primary N) is 1. The normalized spacial score (nSPS) is 14.2. The second-order valence-corrected chi connectivity index (χ2v) is 4.47. The third kappa shape index (κ3) is 7.74. The third-order valence-corrected chi connectivity index (χ3v) is 1.60. The van der Waals surface area contributed by atoms with Crippen LogP contribution < -0.4 is 11.1 Å². The molecular formula is C9H20N2O2. The minimum absolute atomic E-state index is 0.229. The SMILES string of the molecule is CC(C)(C)CNCCC(N)C(=O)O. The largest absolute Gasteiger partial charge is 0.480 e. The van der Waals surface area contributed by atoms with Gasteiger partial charge >= 0.3 is 5.97 Å². The fourth-order valence-corrected chi connectivity index (χ4v) is 0.844. The van der Waals surface area contributed by atoms with Crippen LogP contribution in [0.15, 0.2) is 0 Å². The molecule has 78 valence electrons. The number of rotatable bonds is 5. The molecule has 0 fully saturated rings. The van der Waals surface area contributed by atoms with Gasteiger partial charge in [0.15, 0.2) is 0 Å². The van der Waals surface area contributed by atoms with Crippen molar-refractivity contribution in [1.29, 1.82) is 0 Å². The maximum Gasteiger partial charge on any atom is 0.320 e. The lowest BCUT2D eigenvalue weighted by Crippen LogP contribution is -2.35. The van der Waals surface area contributed by atoms with E-state index < -0.39 is 12.0 Å². The second kappa shape index (κ2) is 5.19. The van der Waals surface area contributed by atoms with Gasteiger partial charge < -0.3 is 16.2 Å². The number of nitrogens with one attached hydrogen (secondary N) is 1. The molecule has 0 radical (unpaired) electrons. The zero-order valence-electron chi connectivity index (χ0n) is 8.63. The van der Waals surface area contributed by atoms with Crippen molar-refractivity contribution in [2.24, 2.45) is 11.1 Å². The summed E-state index contributed by atoms with van der Waals surface area (Å²) < 4.78 is 0. The summed E-state index contributed by atoms with van der Waals surface area (Å²) in [6, 6.07) is -0.743. The van der Waals surface area contributed by atoms with Crippen LogP contribution in [-0.2, 0) is 4.79 Å². The predicted molar refractivity (Wildman–Crippen MR) is 52.6 cm³/mol. The highest BCUT2D eigenvalue weighted by molar-refractivity contribution is 5.72. The van der Waals surface area contributed by atoms with E-state index in [2.05, 4.69) is 26.1 Å². The van der Waals surface area contributed by atoms with Crippen LogP contribution in [0.5, 0.6) is 0 Å². The van der Waals surface area contributed by atoms with Gasteiger partial charge in [0.25, 0.3) is 0 Å². The van der Waals surface area contributed by atoms with Crippen molar-refractivity contribution in [1.82, 2.24) is 5.32 Å². The van der Waals surface area contributed by atoms with E-state index in [0.29, 0.717) is 13.0 Å². The lowest BCUT2D eigenvalue weighted by atomic mass is 9.97. The summed E-state index contributed by atoms with van der Waals surface area (Å²) in [6.07, 6.45) is 0.478. The Morgan fingerprint density at radius 2 is 2.08 bits per heavy atom. The topological polar surface area (TPSA) is 75.3 Å². The van der Waals surface area contributed by atoms with E-state index in [1.165, 1.54) is 0 Å². The number of carbonyl (C=O) groups is 1. The molecule has 0 aromatic carbocycles. The molecule has 0 rings (SSSR count). The summed E-state index contributed by atoms with van der Waals surface area (Å²) >= 11 is 0. The first-order valence-corrected chi connectivity index (χ1v) is 4.52. The molecule has 0 aliphatic rings. The minimum Gasteiger partial charge on any atom is -0.480 e. The Labute approximate surface area is 79.5 Å². The van der Waals surface area contributed by atoms with Gasteiger partial charge in [0.1, 0.15) is 6.04 Å². The molecule has 4 heteroatoms. The first-order valence-electron chi connectivity index (χ1n) is 4.52. The number of carboxylic acids is 1. The van der Waals surface area contributed by atoms with Crippen LogP contribution in [0.25, 0.3) is 0 Å². The quantitative estimate of drug-likeness (QED) is 0.547. The van der Waals surface area contributed by atoms with Crippen molar-refractivity contribution >= 4 is 5.97 Å². The summed E-state index contributed by atoms with van der Waals surface area (Å²) in [5.41, 5.74) is 5.56. The van der Waals surface area contributed by atoms with Crippen LogP contribution >= 0.6 is 0 Å². The van der Waals surface area contributed by atoms with E-state index in [4.69, 9.17) is 10.8 Å². The van der Waals surface area contributed by atoms with Gasteiger partial charge in [0.05, 0.1) is 0 Å². The van der Waals surface area contributed by atoms with Gasteiger partial charge in [-0.2, -0.15) is 0 Å². The molecule has 1 atom stereocenters. The van der Waals surface area contributed by atoms with E-state index in [1.807, 2.05) is 0 Å². The first kappa shape index (κ1) is 12.4. The summed E-state index contributed by atoms with van der Waals surface area (Å²) in [4.78, 5) is 10.3. The highest BCUT2D eigenvalue weighted by Gasteiger charge is 2.12. The second-order valence-electron chi connectivity index (χ2n) is 4.47. The molecule has 0 saturated carbocycles. The summed E-state index contributed by atoms with van der Waals surface area (Å²) in [5, 5.41) is 11.7. The highest BCUT2D eigenvalue weighted by atomic mass is 16.4. The van der Waals surface area contributed by atoms with E-state index in [9.17, 15) is 4.79 Å². The van der Waals surface area contributed by atoms with Gasteiger partial charge in [-0.05, 0) is 24.9 Å². The van der Waals surface area contributed by atoms with E-state index >= 15 is 0 Å². The van der Waals surface area contributed by atoms with Gasteiger partial charge in [-0.25, -0.2) is 0 Å². The number of carboxylic acid groups (broad SMARTS) is 1. The van der Waals surface area contributed by atoms with Gasteiger partial charge in [0, 0.05) is 0 Å². The lowest BCUT2D eigenvalue weighted by Gasteiger charge is -2.19. The lowest BCUT2D eigenvalue weighted by molar-refractivity contribution is -0.138. The number of hydrogen-bond donors (Lipinski definition) is 3. The molecule has 0 aromatic heterocycles. The summed E-state index contributed by atoms with van der Waals surface area (Å²) in [5.74, 6) is -0.933. The standard InChI is InChI=1S/C9H20N2O2/c1-9(2,3)6-11-5-4-7(10)8(12)13/h7,11H,4-6,10H2,1-3H3,(H,12,13). The molecule has 0 heterocycles. The van der Waals surface area contributed by atoms with E-state index in [-0.39, 0.29) is 5.41 Å². The summed E-state index contributed by atoms with van der Waals surface area (Å²) in [7, 11) is 0. The number of aliphatic carboxylic acids is 1. The van der Waals surface area contributed by atoms with Crippen LogP contribution in [0, 0.1) is 5.41 Å². The fourth-order valence-electron chi connectivity index (χ4n) is 0.844. The molecule has 0 aliphatic heterocycles. The Hall–Kier alpha value is -0.610. The Kier molecular flexibility index (Phi) is 4.95. The molecule has 4 nitrogen and oxygen atoms in total. The Morgan fingerprint density at radius 1 is 1.54 bits per heavy atom. The molecule has 0 spiro atoms. The van der Waals surface area contributed by atoms with Crippen LogP contribution in [0.1, 0.15) is 27.2 Å². The van der Waals surface area contributed by atoms with Gasteiger partial charge in [-0.15, -0.1) is 0 Å². The van der Waals surface area contributed by atoms with Gasteiger partial charge in [-0.1, -0.05) is 20.8 Å². The molecule has 0 bridgehead atoms. The van der Waals surface area contributed by atoms with E-state index in [1.54, 1.807) is 0 Å². The van der Waals surface area contributed by atoms with E-state index in [0.717, 1.165) is 6.54 Å². The minimum atomic E-state index is -0.933. The molecule has 0 saturated heterocycles. The first-order chi connectivity index (χ1) is 5.83. The average molecular weight is 188 g/mol. The van der Waals surface area contributed by atoms with Crippen LogP contribution in [0.2, 0.25) is 0 Å². The van der Waals surface area contributed by atoms with Gasteiger partial charge in [-0.3, -0.25) is 4.79 Å². The number of hydrogen-bond acceptors (Lipinski definition) is 3. The van der Waals surface area contributed by atoms with Crippen LogP contribution in [-0.4, -0.2) is 30.2 Å². The Balaban J connectivity index is 3.41. The van der Waals surface area contributed by atoms with Gasteiger partial charge in [0.2, 0.25) is 0 Å². The summed E-state index contributed by atoms with van der Waals surface area (Å²) in [6.45, 7) is 7.90. The van der Waals surface area contributed by atoms with Crippen molar-refractivity contribution in [3.05, 3.63) is 0 Å². The zero-order valence-corrected chi connectivity index (χ0v) is 8.63. The maximum absolute atomic E-state index is 10.3. The fraction of sp³-hybridized carbons (Fsp3) is 0.889. The molecular weight excluding hydrogens is 168 g/mol. The predicted octanol–water partition coefficient (Wildman–Crippen LogP) is 0.424. The van der Waals surface area contributed by atoms with Crippen molar-refractivity contribution in [3.8, 4) is 0 Å². The zero-order chi connectivity index (χ0) is 10.5. The smallest absolute Gasteiger partial charge is 0.320 e. The molecule has 1 unspecified atom stereocenters. The molecule has 13 heavy (non-hydrogen) atoms. The van der Waals surface area contributed by atoms with Crippen molar-refractivity contribution < 1.29 is 9.90 Å². The molecule has 0 amide bonds. The van der Waals surface area contributed by atoms with Crippen LogP contribution in [0.3, 0.4) is 0 Å². The van der Waals surface area contributed by atoms with Crippen molar-refractivity contribution in [2.75, 3.05) is 13.1 Å². The third-order valence-electron chi connectivity index (χ3n) is 1.60. The Morgan fingerprint density at radius 3 is 2.46 bits per heavy atom.